The highest BCUT2D eigenvalue weighted by molar-refractivity contribution is 6.31. The molecule has 1 aromatic heterocycles. The van der Waals surface area contributed by atoms with E-state index in [1.54, 1.807) is 0 Å². The molecule has 0 unspecified atom stereocenters. The van der Waals surface area contributed by atoms with Gasteiger partial charge in [-0.1, -0.05) is 74.9 Å². The number of rotatable bonds is 3. The number of hydrogen-bond acceptors (Lipinski definition) is 1. The number of benzene rings is 2. The van der Waals surface area contributed by atoms with Crippen LogP contribution in [0.2, 0.25) is 0 Å². The average Bonchev–Trinajstić information content (AvgIpc) is 2.79. The summed E-state index contributed by atoms with van der Waals surface area (Å²) in [6.07, 6.45) is 10.1. The Morgan fingerprint density at radius 2 is 1.62 bits per heavy atom. The van der Waals surface area contributed by atoms with Gasteiger partial charge in [0, 0.05) is 33.7 Å². The quantitative estimate of drug-likeness (QED) is 0.280. The SMILES string of the molecule is CC(C)(C)C1=C\C(=C/C=C(Cl)/C=C/c2cc(C(C)(C)C)[o+]c3ccccc23)c2ccccc2O1. The van der Waals surface area contributed by atoms with Crippen LogP contribution in [0, 0.1) is 5.41 Å². The minimum atomic E-state index is -0.0930. The first kappa shape index (κ1) is 24.0. The average molecular weight is 472 g/mol. The number of ether oxygens (including phenoxy) is 1. The molecule has 0 aliphatic carbocycles. The van der Waals surface area contributed by atoms with Crippen LogP contribution < -0.4 is 4.74 Å². The van der Waals surface area contributed by atoms with Gasteiger partial charge in [-0.05, 0) is 56.7 Å². The molecule has 2 aromatic carbocycles. The molecule has 1 aliphatic rings. The number of fused-ring (bicyclic) bond motifs is 2. The van der Waals surface area contributed by atoms with Gasteiger partial charge in [0.05, 0.1) is 10.8 Å². The predicted octanol–water partition coefficient (Wildman–Crippen LogP) is 9.55. The van der Waals surface area contributed by atoms with Crippen molar-refractivity contribution in [2.45, 2.75) is 47.0 Å². The van der Waals surface area contributed by atoms with Crippen molar-refractivity contribution in [1.29, 1.82) is 0 Å². The third-order valence-corrected chi connectivity index (χ3v) is 5.98. The first-order valence-electron chi connectivity index (χ1n) is 11.6. The molecule has 0 bridgehead atoms. The van der Waals surface area contributed by atoms with E-state index in [2.05, 4.69) is 78.0 Å². The molecule has 4 rings (SSSR count). The zero-order chi connectivity index (χ0) is 24.5. The normalized spacial score (nSPS) is 16.0. The molecule has 3 aromatic rings. The van der Waals surface area contributed by atoms with Crippen molar-refractivity contribution in [2.75, 3.05) is 0 Å². The van der Waals surface area contributed by atoms with Crippen LogP contribution in [0.1, 0.15) is 58.4 Å². The summed E-state index contributed by atoms with van der Waals surface area (Å²) in [6.45, 7) is 12.9. The molecule has 174 valence electrons. The molecule has 1 aliphatic heterocycles. The van der Waals surface area contributed by atoms with Crippen LogP contribution in [0.3, 0.4) is 0 Å². The Labute approximate surface area is 207 Å². The molecule has 2 heterocycles. The molecule has 2 nitrogen and oxygen atoms in total. The van der Waals surface area contributed by atoms with Gasteiger partial charge in [-0.3, -0.25) is 0 Å². The van der Waals surface area contributed by atoms with Crippen LogP contribution >= 0.6 is 11.6 Å². The monoisotopic (exact) mass is 471 g/mol. The van der Waals surface area contributed by atoms with E-state index in [1.807, 2.05) is 48.6 Å². The molecule has 0 N–H and O–H groups in total. The van der Waals surface area contributed by atoms with E-state index in [-0.39, 0.29) is 10.8 Å². The highest BCUT2D eigenvalue weighted by Crippen LogP contribution is 2.39. The van der Waals surface area contributed by atoms with Crippen LogP contribution in [0.15, 0.2) is 94.1 Å². The number of allylic oxidation sites excluding steroid dienone is 7. The van der Waals surface area contributed by atoms with Crippen molar-refractivity contribution < 1.29 is 9.15 Å². The molecule has 0 saturated carbocycles. The summed E-state index contributed by atoms with van der Waals surface area (Å²) in [7, 11) is 0. The second-order valence-corrected chi connectivity index (χ2v) is 11.1. The minimum Gasteiger partial charge on any atom is -0.461 e. The molecular formula is C31H32ClO2+. The summed E-state index contributed by atoms with van der Waals surface area (Å²) in [6, 6.07) is 18.3. The highest BCUT2D eigenvalue weighted by Gasteiger charge is 2.28. The van der Waals surface area contributed by atoms with Crippen molar-refractivity contribution in [3.63, 3.8) is 0 Å². The second-order valence-electron chi connectivity index (χ2n) is 10.7. The number of para-hydroxylation sites is 2. The third-order valence-electron chi connectivity index (χ3n) is 5.73. The maximum Gasteiger partial charge on any atom is 0.360 e. The molecule has 0 spiro atoms. The fourth-order valence-electron chi connectivity index (χ4n) is 3.73. The van der Waals surface area contributed by atoms with Gasteiger partial charge in [-0.2, -0.15) is 0 Å². The molecule has 0 fully saturated rings. The smallest absolute Gasteiger partial charge is 0.360 e. The molecule has 0 amide bonds. The standard InChI is InChI=1S/C31H32ClO2/c1-30(2,3)28-19-21(24-11-7-9-13-26(24)33-28)15-17-23(32)18-16-22-20-29(31(4,5)6)34-27-14-10-8-12-25(22)27/h7-20H,1-6H3/q+1. The Morgan fingerprint density at radius 3 is 2.35 bits per heavy atom. The summed E-state index contributed by atoms with van der Waals surface area (Å²) < 4.78 is 12.3. The van der Waals surface area contributed by atoms with Crippen LogP contribution in [-0.4, -0.2) is 0 Å². The van der Waals surface area contributed by atoms with Gasteiger partial charge < -0.3 is 4.74 Å². The number of halogens is 1. The Kier molecular flexibility index (Phi) is 6.55. The topological polar surface area (TPSA) is 20.5 Å². The minimum absolute atomic E-state index is 0.0930. The van der Waals surface area contributed by atoms with E-state index >= 15 is 0 Å². The van der Waals surface area contributed by atoms with Crippen molar-refractivity contribution in [3.05, 3.63) is 107 Å². The van der Waals surface area contributed by atoms with Crippen molar-refractivity contribution in [3.8, 4) is 5.75 Å². The summed E-state index contributed by atoms with van der Waals surface area (Å²) >= 11 is 6.64. The molecule has 0 saturated heterocycles. The molecule has 3 heteroatoms. The van der Waals surface area contributed by atoms with Gasteiger partial charge in [0.2, 0.25) is 0 Å². The Morgan fingerprint density at radius 1 is 0.912 bits per heavy atom. The van der Waals surface area contributed by atoms with E-state index in [1.165, 1.54) is 0 Å². The van der Waals surface area contributed by atoms with Gasteiger partial charge in [-0.15, -0.1) is 0 Å². The van der Waals surface area contributed by atoms with Crippen LogP contribution in [-0.2, 0) is 5.41 Å². The van der Waals surface area contributed by atoms with Crippen molar-refractivity contribution >= 4 is 34.2 Å². The van der Waals surface area contributed by atoms with Crippen molar-refractivity contribution in [1.82, 2.24) is 0 Å². The predicted molar refractivity (Wildman–Crippen MR) is 145 cm³/mol. The summed E-state index contributed by atoms with van der Waals surface area (Å²) in [5.74, 6) is 2.74. The zero-order valence-corrected chi connectivity index (χ0v) is 21.5. The van der Waals surface area contributed by atoms with E-state index in [9.17, 15) is 0 Å². The number of hydrogen-bond donors (Lipinski definition) is 0. The second kappa shape index (κ2) is 9.27. The fourth-order valence-corrected chi connectivity index (χ4v) is 3.86. The third kappa shape index (κ3) is 5.34. The molecule has 0 atom stereocenters. The van der Waals surface area contributed by atoms with Gasteiger partial charge in [-0.25, -0.2) is 4.42 Å². The zero-order valence-electron chi connectivity index (χ0n) is 20.8. The lowest BCUT2D eigenvalue weighted by atomic mass is 9.89. The van der Waals surface area contributed by atoms with E-state index in [4.69, 9.17) is 20.8 Å². The summed E-state index contributed by atoms with van der Waals surface area (Å²) in [5, 5.41) is 1.70. The van der Waals surface area contributed by atoms with Crippen LogP contribution in [0.25, 0.3) is 22.6 Å². The molecule has 0 radical (unpaired) electrons. The van der Waals surface area contributed by atoms with Gasteiger partial charge in [0.1, 0.15) is 11.5 Å². The lowest BCUT2D eigenvalue weighted by molar-refractivity contribution is 0.291. The lowest BCUT2D eigenvalue weighted by Crippen LogP contribution is -2.18. The maximum atomic E-state index is 6.64. The Balaban J connectivity index is 1.70. The largest absolute Gasteiger partial charge is 0.461 e. The molecular weight excluding hydrogens is 440 g/mol. The first-order valence-corrected chi connectivity index (χ1v) is 12.0. The van der Waals surface area contributed by atoms with Crippen LogP contribution in [0.4, 0.5) is 0 Å². The van der Waals surface area contributed by atoms with Crippen molar-refractivity contribution in [2.24, 2.45) is 5.41 Å². The van der Waals surface area contributed by atoms with E-state index in [0.29, 0.717) is 5.03 Å². The Hall–Kier alpha value is -3.10. The highest BCUT2D eigenvalue weighted by atomic mass is 35.5. The van der Waals surface area contributed by atoms with E-state index < -0.39 is 0 Å². The first-order chi connectivity index (χ1) is 16.0. The van der Waals surface area contributed by atoms with Gasteiger partial charge in [0.15, 0.2) is 0 Å². The Bertz CT molecular complexity index is 1340. The van der Waals surface area contributed by atoms with E-state index in [0.717, 1.165) is 44.9 Å². The summed E-state index contributed by atoms with van der Waals surface area (Å²) in [4.78, 5) is 0. The van der Waals surface area contributed by atoms with Gasteiger partial charge >= 0.3 is 11.3 Å². The molecule has 34 heavy (non-hydrogen) atoms. The van der Waals surface area contributed by atoms with Gasteiger partial charge in [0.25, 0.3) is 0 Å². The maximum absolute atomic E-state index is 6.64. The fraction of sp³-hybridized carbons (Fsp3) is 0.258. The van der Waals surface area contributed by atoms with Crippen LogP contribution in [0.5, 0.6) is 5.75 Å². The summed E-state index contributed by atoms with van der Waals surface area (Å²) in [5.41, 5.74) is 3.91. The lowest BCUT2D eigenvalue weighted by Gasteiger charge is -2.28.